The molecule has 1 aliphatic carbocycles. The smallest absolute Gasteiger partial charge is 0.120 e. The summed E-state index contributed by atoms with van der Waals surface area (Å²) in [6.07, 6.45) is 8.31. The highest BCUT2D eigenvalue weighted by molar-refractivity contribution is 5.54. The fraction of sp³-hybridized carbons (Fsp3) is 0.467. The lowest BCUT2D eigenvalue weighted by Crippen LogP contribution is -2.15. The molecule has 0 fully saturated rings. The summed E-state index contributed by atoms with van der Waals surface area (Å²) in [5.74, 6) is 1.69. The van der Waals surface area contributed by atoms with E-state index in [-0.39, 0.29) is 0 Å². The number of allylic oxidation sites excluding steroid dienone is 2. The molecule has 1 aromatic rings. The average Bonchev–Trinajstić information content (AvgIpc) is 2.39. The van der Waals surface area contributed by atoms with Gasteiger partial charge in [0, 0.05) is 18.3 Å². The Hall–Kier alpha value is -1.44. The van der Waals surface area contributed by atoms with Crippen LogP contribution in [0.3, 0.4) is 0 Å². The van der Waals surface area contributed by atoms with E-state index in [0.717, 1.165) is 18.2 Å². The standard InChI is InChI=1S/C15H21NO/c1-12-8-9-14(17-2)10-15(12)16-11-13-6-4-3-5-7-13/h3-4,8-10,13,16H,5-7,11H2,1-2H3. The first-order chi connectivity index (χ1) is 8.29. The number of benzene rings is 1. The van der Waals surface area contributed by atoms with Crippen LogP contribution in [0.2, 0.25) is 0 Å². The number of hydrogen-bond donors (Lipinski definition) is 1. The van der Waals surface area contributed by atoms with Gasteiger partial charge in [-0.1, -0.05) is 18.2 Å². The quantitative estimate of drug-likeness (QED) is 0.796. The minimum absolute atomic E-state index is 0.769. The van der Waals surface area contributed by atoms with Crippen LogP contribution >= 0.6 is 0 Å². The zero-order valence-electron chi connectivity index (χ0n) is 10.7. The third-order valence-electron chi connectivity index (χ3n) is 3.40. The molecule has 0 spiro atoms. The Morgan fingerprint density at radius 2 is 2.24 bits per heavy atom. The number of anilines is 1. The lowest BCUT2D eigenvalue weighted by Gasteiger charge is -2.20. The highest BCUT2D eigenvalue weighted by Gasteiger charge is 2.10. The molecule has 2 heteroatoms. The Bertz CT molecular complexity index is 398. The van der Waals surface area contributed by atoms with Gasteiger partial charge in [0.15, 0.2) is 0 Å². The number of nitrogens with one attached hydrogen (secondary N) is 1. The van der Waals surface area contributed by atoms with E-state index in [4.69, 9.17) is 4.74 Å². The molecule has 0 radical (unpaired) electrons. The minimum atomic E-state index is 0.769. The number of ether oxygens (including phenoxy) is 1. The summed E-state index contributed by atoms with van der Waals surface area (Å²) < 4.78 is 5.25. The predicted octanol–water partition coefficient (Wildman–Crippen LogP) is 3.77. The Labute approximate surface area is 104 Å². The zero-order chi connectivity index (χ0) is 12.1. The van der Waals surface area contributed by atoms with Crippen molar-refractivity contribution >= 4 is 5.69 Å². The maximum absolute atomic E-state index is 5.25. The fourth-order valence-electron chi connectivity index (χ4n) is 2.21. The first kappa shape index (κ1) is 12.0. The second kappa shape index (κ2) is 5.76. The van der Waals surface area contributed by atoms with Gasteiger partial charge in [0.25, 0.3) is 0 Å². The molecule has 0 aromatic heterocycles. The minimum Gasteiger partial charge on any atom is -0.497 e. The molecule has 0 aliphatic heterocycles. The number of rotatable bonds is 4. The highest BCUT2D eigenvalue weighted by Crippen LogP contribution is 2.24. The average molecular weight is 231 g/mol. The molecule has 0 bridgehead atoms. The van der Waals surface area contributed by atoms with E-state index in [1.54, 1.807) is 7.11 Å². The molecule has 1 atom stereocenters. The molecule has 1 N–H and O–H groups in total. The van der Waals surface area contributed by atoms with Crippen LogP contribution in [-0.2, 0) is 0 Å². The van der Waals surface area contributed by atoms with Gasteiger partial charge >= 0.3 is 0 Å². The first-order valence-corrected chi connectivity index (χ1v) is 6.33. The first-order valence-electron chi connectivity index (χ1n) is 6.33. The Morgan fingerprint density at radius 3 is 2.94 bits per heavy atom. The van der Waals surface area contributed by atoms with Crippen LogP contribution < -0.4 is 10.1 Å². The lowest BCUT2D eigenvalue weighted by molar-refractivity contribution is 0.415. The molecule has 2 nitrogen and oxygen atoms in total. The van der Waals surface area contributed by atoms with E-state index >= 15 is 0 Å². The van der Waals surface area contributed by atoms with Gasteiger partial charge in [0.1, 0.15) is 5.75 Å². The molecule has 2 rings (SSSR count). The van der Waals surface area contributed by atoms with Crippen molar-refractivity contribution in [3.63, 3.8) is 0 Å². The third kappa shape index (κ3) is 3.26. The summed E-state index contributed by atoms with van der Waals surface area (Å²) in [7, 11) is 1.71. The van der Waals surface area contributed by atoms with Gasteiger partial charge in [-0.05, 0) is 43.7 Å². The second-order valence-corrected chi connectivity index (χ2v) is 4.71. The topological polar surface area (TPSA) is 21.3 Å². The van der Waals surface area contributed by atoms with Crippen LogP contribution in [0.15, 0.2) is 30.4 Å². The molecular formula is C15H21NO. The Kier molecular flexibility index (Phi) is 4.08. The zero-order valence-corrected chi connectivity index (χ0v) is 10.7. The summed E-state index contributed by atoms with van der Waals surface area (Å²) in [6.45, 7) is 3.18. The van der Waals surface area contributed by atoms with Gasteiger partial charge in [0.2, 0.25) is 0 Å². The summed E-state index contributed by atoms with van der Waals surface area (Å²) in [5.41, 5.74) is 2.47. The normalized spacial score (nSPS) is 19.1. The molecule has 1 aromatic carbocycles. The Morgan fingerprint density at radius 1 is 1.35 bits per heavy atom. The summed E-state index contributed by atoms with van der Waals surface area (Å²) in [6, 6.07) is 6.18. The van der Waals surface area contributed by atoms with E-state index in [2.05, 4.69) is 36.5 Å². The van der Waals surface area contributed by atoms with E-state index in [0.29, 0.717) is 0 Å². The molecule has 1 unspecified atom stereocenters. The van der Waals surface area contributed by atoms with Crippen molar-refractivity contribution in [1.29, 1.82) is 0 Å². The van der Waals surface area contributed by atoms with Crippen LogP contribution in [0, 0.1) is 12.8 Å². The Balaban J connectivity index is 1.95. The molecule has 92 valence electrons. The van der Waals surface area contributed by atoms with Crippen molar-refractivity contribution in [3.8, 4) is 5.75 Å². The summed E-state index contributed by atoms with van der Waals surface area (Å²) in [4.78, 5) is 0. The van der Waals surface area contributed by atoms with Gasteiger partial charge in [-0.3, -0.25) is 0 Å². The van der Waals surface area contributed by atoms with Crippen LogP contribution in [0.25, 0.3) is 0 Å². The van der Waals surface area contributed by atoms with Crippen LogP contribution in [-0.4, -0.2) is 13.7 Å². The lowest BCUT2D eigenvalue weighted by atomic mass is 9.94. The van der Waals surface area contributed by atoms with Gasteiger partial charge in [-0.25, -0.2) is 0 Å². The molecule has 0 heterocycles. The molecule has 0 amide bonds. The van der Waals surface area contributed by atoms with Crippen LogP contribution in [0.1, 0.15) is 24.8 Å². The maximum Gasteiger partial charge on any atom is 0.120 e. The van der Waals surface area contributed by atoms with Gasteiger partial charge in [-0.2, -0.15) is 0 Å². The van der Waals surface area contributed by atoms with Gasteiger partial charge in [-0.15, -0.1) is 0 Å². The molecule has 1 aliphatic rings. The fourth-order valence-corrected chi connectivity index (χ4v) is 2.21. The van der Waals surface area contributed by atoms with Crippen molar-refractivity contribution in [3.05, 3.63) is 35.9 Å². The second-order valence-electron chi connectivity index (χ2n) is 4.71. The molecule has 0 saturated heterocycles. The largest absolute Gasteiger partial charge is 0.497 e. The van der Waals surface area contributed by atoms with Crippen molar-refractivity contribution < 1.29 is 4.74 Å². The summed E-state index contributed by atoms with van der Waals surface area (Å²) in [5, 5.41) is 3.54. The SMILES string of the molecule is COc1ccc(C)c(NCC2CC=CCC2)c1. The number of aryl methyl sites for hydroxylation is 1. The monoisotopic (exact) mass is 231 g/mol. The van der Waals surface area contributed by atoms with Crippen LogP contribution in [0.4, 0.5) is 5.69 Å². The van der Waals surface area contributed by atoms with Crippen molar-refractivity contribution in [2.24, 2.45) is 5.92 Å². The summed E-state index contributed by atoms with van der Waals surface area (Å²) >= 11 is 0. The van der Waals surface area contributed by atoms with E-state index in [9.17, 15) is 0 Å². The van der Waals surface area contributed by atoms with Crippen molar-refractivity contribution in [1.82, 2.24) is 0 Å². The van der Waals surface area contributed by atoms with Crippen molar-refractivity contribution in [2.45, 2.75) is 26.2 Å². The van der Waals surface area contributed by atoms with Crippen molar-refractivity contribution in [2.75, 3.05) is 19.0 Å². The highest BCUT2D eigenvalue weighted by atomic mass is 16.5. The van der Waals surface area contributed by atoms with E-state index < -0.39 is 0 Å². The van der Waals surface area contributed by atoms with E-state index in [1.807, 2.05) is 6.07 Å². The molecule has 17 heavy (non-hydrogen) atoms. The number of hydrogen-bond acceptors (Lipinski definition) is 2. The maximum atomic E-state index is 5.25. The third-order valence-corrected chi connectivity index (χ3v) is 3.40. The molecule has 0 saturated carbocycles. The van der Waals surface area contributed by atoms with Gasteiger partial charge < -0.3 is 10.1 Å². The molecular weight excluding hydrogens is 210 g/mol. The number of methoxy groups -OCH3 is 1. The predicted molar refractivity (Wildman–Crippen MR) is 72.7 cm³/mol. The van der Waals surface area contributed by atoms with Crippen LogP contribution in [0.5, 0.6) is 5.75 Å². The van der Waals surface area contributed by atoms with E-state index in [1.165, 1.54) is 30.5 Å². The van der Waals surface area contributed by atoms with Gasteiger partial charge in [0.05, 0.1) is 7.11 Å².